The topological polar surface area (TPSA) is 62.5 Å². The maximum atomic E-state index is 12.8. The molecule has 0 radical (unpaired) electrons. The summed E-state index contributed by atoms with van der Waals surface area (Å²) in [5.41, 5.74) is 0.159. The zero-order chi connectivity index (χ0) is 18.0. The van der Waals surface area contributed by atoms with Gasteiger partial charge in [-0.25, -0.2) is 8.78 Å². The van der Waals surface area contributed by atoms with Gasteiger partial charge in [0.05, 0.1) is 0 Å². The molecule has 8 heteroatoms. The van der Waals surface area contributed by atoms with Gasteiger partial charge in [-0.3, -0.25) is 4.79 Å². The van der Waals surface area contributed by atoms with Crippen LogP contribution >= 0.6 is 0 Å². The van der Waals surface area contributed by atoms with Crippen LogP contribution in [0.2, 0.25) is 0 Å². The highest BCUT2D eigenvalue weighted by Crippen LogP contribution is 2.29. The molecule has 1 aliphatic rings. The van der Waals surface area contributed by atoms with E-state index in [4.69, 9.17) is 4.52 Å². The van der Waals surface area contributed by atoms with Gasteiger partial charge in [0.2, 0.25) is 5.89 Å². The van der Waals surface area contributed by atoms with Crippen LogP contribution in [0.5, 0.6) is 0 Å². The number of piperidine rings is 1. The third kappa shape index (κ3) is 3.78. The van der Waals surface area contributed by atoms with E-state index in [-0.39, 0.29) is 17.4 Å². The number of rotatable bonds is 4. The van der Waals surface area contributed by atoms with Gasteiger partial charge in [0.15, 0.2) is 0 Å². The smallest absolute Gasteiger partial charge is 0.265 e. The summed E-state index contributed by atoms with van der Waals surface area (Å²) in [7, 11) is 3.67. The molecule has 0 spiro atoms. The zero-order valence-electron chi connectivity index (χ0n) is 14.2. The Morgan fingerprint density at radius 1 is 1.32 bits per heavy atom. The molecule has 0 atom stereocenters. The molecule has 0 saturated carbocycles. The lowest BCUT2D eigenvalue weighted by Gasteiger charge is -2.30. The van der Waals surface area contributed by atoms with E-state index in [0.29, 0.717) is 43.3 Å². The summed E-state index contributed by atoms with van der Waals surface area (Å²) in [6, 6.07) is 5.65. The Hall–Kier alpha value is -2.51. The van der Waals surface area contributed by atoms with Gasteiger partial charge in [0.25, 0.3) is 18.3 Å². The van der Waals surface area contributed by atoms with Crippen LogP contribution < -0.4 is 4.90 Å². The van der Waals surface area contributed by atoms with E-state index in [1.54, 1.807) is 15.9 Å². The summed E-state index contributed by atoms with van der Waals surface area (Å²) in [5, 5.41) is 3.91. The number of carbonyl (C=O) groups excluding carboxylic acids is 1. The lowest BCUT2D eigenvalue weighted by molar-refractivity contribution is 0.0704. The Kier molecular flexibility index (Phi) is 4.96. The fourth-order valence-electron chi connectivity index (χ4n) is 2.89. The largest absolute Gasteiger partial charge is 0.344 e. The number of hydrogen-bond acceptors (Lipinski definition) is 5. The molecule has 1 aliphatic heterocycles. The average Bonchev–Trinajstić information content (AvgIpc) is 3.12. The minimum atomic E-state index is -2.58. The van der Waals surface area contributed by atoms with E-state index >= 15 is 0 Å². The number of aromatic nitrogens is 2. The fourth-order valence-corrected chi connectivity index (χ4v) is 2.89. The van der Waals surface area contributed by atoms with Gasteiger partial charge in [0, 0.05) is 44.2 Å². The quantitative estimate of drug-likeness (QED) is 0.848. The lowest BCUT2D eigenvalue weighted by Crippen LogP contribution is -2.38. The van der Waals surface area contributed by atoms with Crippen molar-refractivity contribution >= 4 is 11.9 Å². The normalized spacial score (nSPS) is 15.6. The Bertz CT molecular complexity index is 740. The molecule has 1 aromatic heterocycles. The van der Waals surface area contributed by atoms with Crippen molar-refractivity contribution in [1.82, 2.24) is 15.0 Å². The highest BCUT2D eigenvalue weighted by Gasteiger charge is 2.28. The Morgan fingerprint density at radius 3 is 2.64 bits per heavy atom. The van der Waals surface area contributed by atoms with Crippen molar-refractivity contribution in [3.05, 3.63) is 41.3 Å². The molecule has 6 nitrogen and oxygen atoms in total. The van der Waals surface area contributed by atoms with Crippen LogP contribution in [0, 0.1) is 0 Å². The van der Waals surface area contributed by atoms with Crippen LogP contribution in [0.4, 0.5) is 14.7 Å². The van der Waals surface area contributed by atoms with Crippen molar-refractivity contribution in [3.8, 4) is 0 Å². The molecule has 134 valence electrons. The van der Waals surface area contributed by atoms with Crippen LogP contribution in [0.15, 0.2) is 28.8 Å². The molecular formula is C17H20F2N4O2. The number of likely N-dealkylation sites (tertiary alicyclic amines) is 1. The van der Waals surface area contributed by atoms with Gasteiger partial charge >= 0.3 is 0 Å². The molecule has 1 fully saturated rings. The Labute approximate surface area is 144 Å². The van der Waals surface area contributed by atoms with Crippen molar-refractivity contribution in [2.45, 2.75) is 25.2 Å². The molecule has 0 aliphatic carbocycles. The van der Waals surface area contributed by atoms with E-state index < -0.39 is 6.43 Å². The molecular weight excluding hydrogens is 330 g/mol. The van der Waals surface area contributed by atoms with E-state index in [9.17, 15) is 13.6 Å². The summed E-state index contributed by atoms with van der Waals surface area (Å²) in [5.74, 6) is 0.992. The molecule has 1 amide bonds. The molecule has 3 rings (SSSR count). The average molecular weight is 350 g/mol. The number of nitrogens with zero attached hydrogens (tertiary/aromatic N) is 4. The molecule has 0 unspecified atom stereocenters. The summed E-state index contributed by atoms with van der Waals surface area (Å²) >= 11 is 0. The van der Waals surface area contributed by atoms with Crippen molar-refractivity contribution in [1.29, 1.82) is 0 Å². The summed E-state index contributed by atoms with van der Waals surface area (Å²) in [6.07, 6.45) is -1.17. The van der Waals surface area contributed by atoms with Crippen LogP contribution in [-0.2, 0) is 0 Å². The highest BCUT2D eigenvalue weighted by molar-refractivity contribution is 5.94. The fraction of sp³-hybridized carbons (Fsp3) is 0.471. The molecule has 25 heavy (non-hydrogen) atoms. The number of anilines is 1. The van der Waals surface area contributed by atoms with Gasteiger partial charge in [-0.1, -0.05) is 12.1 Å². The predicted octanol–water partition coefficient (Wildman–Crippen LogP) is 3.09. The Morgan fingerprint density at radius 2 is 2.04 bits per heavy atom. The SMILES string of the molecule is CN(C)c1noc(C2CCN(C(=O)c3cccc(C(F)F)c3)CC2)n1. The first-order valence-corrected chi connectivity index (χ1v) is 8.14. The number of amides is 1. The van der Waals surface area contributed by atoms with E-state index in [2.05, 4.69) is 10.1 Å². The maximum absolute atomic E-state index is 12.8. The first kappa shape index (κ1) is 17.3. The van der Waals surface area contributed by atoms with Crippen molar-refractivity contribution in [3.63, 3.8) is 0 Å². The second-order valence-corrected chi connectivity index (χ2v) is 6.32. The third-order valence-corrected chi connectivity index (χ3v) is 4.35. The second-order valence-electron chi connectivity index (χ2n) is 6.32. The molecule has 2 aromatic rings. The monoisotopic (exact) mass is 350 g/mol. The van der Waals surface area contributed by atoms with Gasteiger partial charge in [0.1, 0.15) is 0 Å². The molecule has 0 N–H and O–H groups in total. The zero-order valence-corrected chi connectivity index (χ0v) is 14.2. The molecule has 0 bridgehead atoms. The molecule has 1 saturated heterocycles. The number of halogens is 2. The minimum Gasteiger partial charge on any atom is -0.344 e. The predicted molar refractivity (Wildman–Crippen MR) is 87.9 cm³/mol. The minimum absolute atomic E-state index is 0.109. The number of benzene rings is 1. The van der Waals surface area contributed by atoms with Gasteiger partial charge in [-0.05, 0) is 30.1 Å². The van der Waals surface area contributed by atoms with E-state index in [1.165, 1.54) is 18.2 Å². The molecule has 1 aromatic carbocycles. The summed E-state index contributed by atoms with van der Waals surface area (Å²) < 4.78 is 30.9. The molecule has 2 heterocycles. The lowest BCUT2D eigenvalue weighted by atomic mass is 9.96. The summed E-state index contributed by atoms with van der Waals surface area (Å²) in [6.45, 7) is 1.06. The van der Waals surface area contributed by atoms with Crippen LogP contribution in [0.1, 0.15) is 47.0 Å². The first-order chi connectivity index (χ1) is 12.0. The van der Waals surface area contributed by atoms with Crippen molar-refractivity contribution < 1.29 is 18.1 Å². The Balaban J connectivity index is 1.63. The first-order valence-electron chi connectivity index (χ1n) is 8.14. The number of carbonyl (C=O) groups is 1. The summed E-state index contributed by atoms with van der Waals surface area (Å²) in [4.78, 5) is 20.3. The third-order valence-electron chi connectivity index (χ3n) is 4.35. The van der Waals surface area contributed by atoms with Crippen molar-refractivity contribution in [2.75, 3.05) is 32.1 Å². The van der Waals surface area contributed by atoms with Crippen LogP contribution in [0.3, 0.4) is 0 Å². The van der Waals surface area contributed by atoms with Crippen molar-refractivity contribution in [2.24, 2.45) is 0 Å². The van der Waals surface area contributed by atoms with Crippen LogP contribution in [-0.4, -0.2) is 48.1 Å². The standard InChI is InChI=1S/C17H20F2N4O2/c1-22(2)17-20-15(25-21-17)11-6-8-23(9-7-11)16(24)13-5-3-4-12(10-13)14(18)19/h3-5,10-11,14H,6-9H2,1-2H3. The van der Waals surface area contributed by atoms with Gasteiger partial charge in [-0.15, -0.1) is 0 Å². The second kappa shape index (κ2) is 7.16. The van der Waals surface area contributed by atoms with E-state index in [0.717, 1.165) is 0 Å². The van der Waals surface area contributed by atoms with Crippen LogP contribution in [0.25, 0.3) is 0 Å². The van der Waals surface area contributed by atoms with E-state index in [1.807, 2.05) is 14.1 Å². The maximum Gasteiger partial charge on any atom is 0.265 e. The number of hydrogen-bond donors (Lipinski definition) is 0. The number of alkyl halides is 2. The highest BCUT2D eigenvalue weighted by atomic mass is 19.3. The van der Waals surface area contributed by atoms with Gasteiger partial charge in [-0.2, -0.15) is 4.98 Å². The van der Waals surface area contributed by atoms with Gasteiger partial charge < -0.3 is 14.3 Å².